The van der Waals surface area contributed by atoms with Crippen molar-refractivity contribution in [1.82, 2.24) is 0 Å². The zero-order valence-corrected chi connectivity index (χ0v) is 14.0. The Morgan fingerprint density at radius 2 is 2.04 bits per heavy atom. The molecule has 0 spiro atoms. The molecule has 0 aliphatic carbocycles. The van der Waals surface area contributed by atoms with E-state index in [2.05, 4.69) is 0 Å². The lowest BCUT2D eigenvalue weighted by molar-refractivity contribution is -0.138. The highest BCUT2D eigenvalue weighted by Crippen LogP contribution is 2.36. The fraction of sp³-hybridized carbons (Fsp3) is 0.150. The topological polar surface area (TPSA) is 40.5 Å². The molecule has 1 heterocycles. The van der Waals surface area contributed by atoms with Crippen LogP contribution in [0.4, 0.5) is 10.1 Å². The average molecular weight is 356 g/mol. The molecule has 1 unspecified atom stereocenters. The number of rotatable bonds is 3. The van der Waals surface area contributed by atoms with E-state index in [0.29, 0.717) is 18.0 Å². The standard InChI is InChI=1S/C20H15ClFNO2/c21-15-5-7-18-14(8-15)9-19(20(24)25)23(18)11-13-3-1-2-12-4-6-16(22)10-17(12)13/h1-8,10,19H,9,11H2,(H,24,25). The van der Waals surface area contributed by atoms with Gasteiger partial charge in [0.25, 0.3) is 0 Å². The first-order valence-electron chi connectivity index (χ1n) is 7.98. The molecule has 4 rings (SSSR count). The Morgan fingerprint density at radius 3 is 2.84 bits per heavy atom. The Morgan fingerprint density at radius 1 is 1.20 bits per heavy atom. The maximum absolute atomic E-state index is 13.7. The summed E-state index contributed by atoms with van der Waals surface area (Å²) in [5, 5.41) is 12.0. The number of benzene rings is 3. The van der Waals surface area contributed by atoms with Gasteiger partial charge in [-0.05, 0) is 52.2 Å². The Bertz CT molecular complexity index is 989. The molecule has 1 atom stereocenters. The number of anilines is 1. The first kappa shape index (κ1) is 15.9. The normalized spacial score (nSPS) is 16.2. The molecule has 3 aromatic carbocycles. The van der Waals surface area contributed by atoms with Gasteiger partial charge in [-0.15, -0.1) is 0 Å². The van der Waals surface area contributed by atoms with Crippen LogP contribution in [0.2, 0.25) is 5.02 Å². The molecule has 0 saturated carbocycles. The smallest absolute Gasteiger partial charge is 0.326 e. The second kappa shape index (κ2) is 6.05. The van der Waals surface area contributed by atoms with Crippen LogP contribution in [-0.2, 0) is 17.8 Å². The molecule has 0 bridgehead atoms. The molecule has 5 heteroatoms. The highest BCUT2D eigenvalue weighted by atomic mass is 35.5. The van der Waals surface area contributed by atoms with Crippen molar-refractivity contribution in [2.75, 3.05) is 4.90 Å². The van der Waals surface area contributed by atoms with Crippen LogP contribution in [-0.4, -0.2) is 17.1 Å². The Labute approximate surface area is 149 Å². The number of fused-ring (bicyclic) bond motifs is 2. The zero-order chi connectivity index (χ0) is 17.6. The van der Waals surface area contributed by atoms with Crippen molar-refractivity contribution in [3.63, 3.8) is 0 Å². The maximum Gasteiger partial charge on any atom is 0.326 e. The predicted molar refractivity (Wildman–Crippen MR) is 96.7 cm³/mol. The third-order valence-corrected chi connectivity index (χ3v) is 4.94. The molecule has 25 heavy (non-hydrogen) atoms. The van der Waals surface area contributed by atoms with Gasteiger partial charge in [-0.25, -0.2) is 9.18 Å². The number of carboxylic acids is 1. The molecule has 1 N–H and O–H groups in total. The van der Waals surface area contributed by atoms with E-state index in [-0.39, 0.29) is 5.82 Å². The number of carbonyl (C=O) groups is 1. The summed E-state index contributed by atoms with van der Waals surface area (Å²) < 4.78 is 13.7. The van der Waals surface area contributed by atoms with E-state index >= 15 is 0 Å². The number of aliphatic carboxylic acids is 1. The van der Waals surface area contributed by atoms with Gasteiger partial charge >= 0.3 is 5.97 Å². The second-order valence-electron chi connectivity index (χ2n) is 6.24. The molecule has 126 valence electrons. The van der Waals surface area contributed by atoms with Crippen molar-refractivity contribution in [3.8, 4) is 0 Å². The zero-order valence-electron chi connectivity index (χ0n) is 13.2. The monoisotopic (exact) mass is 355 g/mol. The summed E-state index contributed by atoms with van der Waals surface area (Å²) in [5.74, 6) is -1.18. The van der Waals surface area contributed by atoms with Crippen LogP contribution in [0.5, 0.6) is 0 Å². The van der Waals surface area contributed by atoms with E-state index in [4.69, 9.17) is 11.6 Å². The molecule has 3 aromatic rings. The summed E-state index contributed by atoms with van der Waals surface area (Å²) in [6.45, 7) is 0.395. The molecular formula is C20H15ClFNO2. The minimum absolute atomic E-state index is 0.302. The van der Waals surface area contributed by atoms with Crippen LogP contribution in [0.3, 0.4) is 0 Å². The summed E-state index contributed by atoms with van der Waals surface area (Å²) >= 11 is 6.05. The molecule has 0 saturated heterocycles. The van der Waals surface area contributed by atoms with Gasteiger partial charge in [0.1, 0.15) is 11.9 Å². The third kappa shape index (κ3) is 2.83. The van der Waals surface area contributed by atoms with Crippen LogP contribution in [0, 0.1) is 5.82 Å². The first-order chi connectivity index (χ1) is 12.0. The van der Waals surface area contributed by atoms with Crippen molar-refractivity contribution < 1.29 is 14.3 Å². The number of carboxylic acid groups (broad SMARTS) is 1. The summed E-state index contributed by atoms with van der Waals surface area (Å²) in [6, 6.07) is 15.2. The summed E-state index contributed by atoms with van der Waals surface area (Å²) in [6.07, 6.45) is 0.407. The van der Waals surface area contributed by atoms with Gasteiger partial charge in [-0.2, -0.15) is 0 Å². The van der Waals surface area contributed by atoms with Gasteiger partial charge < -0.3 is 10.0 Å². The number of hydrogen-bond donors (Lipinski definition) is 1. The van der Waals surface area contributed by atoms with E-state index in [1.54, 1.807) is 12.1 Å². The van der Waals surface area contributed by atoms with Gasteiger partial charge in [-0.1, -0.05) is 35.9 Å². The summed E-state index contributed by atoms with van der Waals surface area (Å²) in [4.78, 5) is 13.6. The van der Waals surface area contributed by atoms with Crippen molar-refractivity contribution in [2.24, 2.45) is 0 Å². The lowest BCUT2D eigenvalue weighted by Crippen LogP contribution is -2.38. The fourth-order valence-electron chi connectivity index (χ4n) is 3.53. The molecule has 0 aromatic heterocycles. The van der Waals surface area contributed by atoms with Crippen molar-refractivity contribution in [2.45, 2.75) is 19.0 Å². The fourth-order valence-corrected chi connectivity index (χ4v) is 3.73. The van der Waals surface area contributed by atoms with Gasteiger partial charge in [0.05, 0.1) is 0 Å². The van der Waals surface area contributed by atoms with Crippen LogP contribution in [0.15, 0.2) is 54.6 Å². The predicted octanol–water partition coefficient (Wildman–Crippen LogP) is 4.65. The maximum atomic E-state index is 13.7. The Hall–Kier alpha value is -2.59. The van der Waals surface area contributed by atoms with Crippen LogP contribution in [0.1, 0.15) is 11.1 Å². The van der Waals surface area contributed by atoms with Gasteiger partial charge in [0, 0.05) is 23.7 Å². The second-order valence-corrected chi connectivity index (χ2v) is 6.68. The lowest BCUT2D eigenvalue weighted by Gasteiger charge is -2.25. The van der Waals surface area contributed by atoms with E-state index in [9.17, 15) is 14.3 Å². The van der Waals surface area contributed by atoms with Crippen molar-refractivity contribution in [1.29, 1.82) is 0 Å². The molecule has 1 aliphatic rings. The van der Waals surface area contributed by atoms with Crippen LogP contribution < -0.4 is 4.90 Å². The molecule has 1 aliphatic heterocycles. The highest BCUT2D eigenvalue weighted by molar-refractivity contribution is 6.30. The third-order valence-electron chi connectivity index (χ3n) is 4.70. The van der Waals surface area contributed by atoms with E-state index in [0.717, 1.165) is 27.6 Å². The quantitative estimate of drug-likeness (QED) is 0.743. The van der Waals surface area contributed by atoms with E-state index in [1.165, 1.54) is 12.1 Å². The van der Waals surface area contributed by atoms with Gasteiger partial charge in [-0.3, -0.25) is 0 Å². The largest absolute Gasteiger partial charge is 0.480 e. The SMILES string of the molecule is O=C(O)C1Cc2cc(Cl)ccc2N1Cc1cccc2ccc(F)cc12. The Balaban J connectivity index is 1.79. The number of hydrogen-bond acceptors (Lipinski definition) is 2. The molecule has 0 fully saturated rings. The minimum atomic E-state index is -0.876. The average Bonchev–Trinajstić information content (AvgIpc) is 2.93. The van der Waals surface area contributed by atoms with E-state index < -0.39 is 12.0 Å². The van der Waals surface area contributed by atoms with Crippen molar-refractivity contribution >= 4 is 34.0 Å². The summed E-state index contributed by atoms with van der Waals surface area (Å²) in [7, 11) is 0. The number of halogens is 2. The molecular weight excluding hydrogens is 341 g/mol. The summed E-state index contributed by atoms with van der Waals surface area (Å²) in [5.41, 5.74) is 2.68. The number of nitrogens with zero attached hydrogens (tertiary/aromatic N) is 1. The van der Waals surface area contributed by atoms with Crippen molar-refractivity contribution in [3.05, 3.63) is 76.6 Å². The minimum Gasteiger partial charge on any atom is -0.480 e. The lowest BCUT2D eigenvalue weighted by atomic mass is 10.0. The molecule has 3 nitrogen and oxygen atoms in total. The van der Waals surface area contributed by atoms with Crippen LogP contribution >= 0.6 is 11.6 Å². The molecule has 0 amide bonds. The van der Waals surface area contributed by atoms with Gasteiger partial charge in [0.2, 0.25) is 0 Å². The first-order valence-corrected chi connectivity index (χ1v) is 8.36. The van der Waals surface area contributed by atoms with Crippen LogP contribution in [0.25, 0.3) is 10.8 Å². The van der Waals surface area contributed by atoms with E-state index in [1.807, 2.05) is 35.2 Å². The van der Waals surface area contributed by atoms with Gasteiger partial charge in [0.15, 0.2) is 0 Å². The Kier molecular flexibility index (Phi) is 3.85. The molecule has 0 radical (unpaired) electrons. The highest BCUT2D eigenvalue weighted by Gasteiger charge is 2.34.